The average Bonchev–Trinajstić information content (AvgIpc) is 2.62. The van der Waals surface area contributed by atoms with Gasteiger partial charge in [0, 0.05) is 24.8 Å². The van der Waals surface area contributed by atoms with Crippen molar-refractivity contribution in [3.05, 3.63) is 40.7 Å². The van der Waals surface area contributed by atoms with Crippen LogP contribution in [0.3, 0.4) is 0 Å². The highest BCUT2D eigenvalue weighted by molar-refractivity contribution is 6.01. The van der Waals surface area contributed by atoms with E-state index in [-0.39, 0.29) is 0 Å². The van der Waals surface area contributed by atoms with Crippen LogP contribution in [0.2, 0.25) is 0 Å². The van der Waals surface area contributed by atoms with E-state index in [9.17, 15) is 4.79 Å². The number of aromatic nitrogens is 2. The number of primary amides is 1. The lowest BCUT2D eigenvalue weighted by Crippen LogP contribution is -2.16. The molecule has 1 aromatic heterocycles. The summed E-state index contributed by atoms with van der Waals surface area (Å²) in [5, 5.41) is 7.55. The number of carbonyl (C=O) groups is 1. The molecule has 20 heavy (non-hydrogen) atoms. The molecule has 0 fully saturated rings. The summed E-state index contributed by atoms with van der Waals surface area (Å²) in [6.07, 6.45) is 0. The van der Waals surface area contributed by atoms with Crippen LogP contribution in [0.5, 0.6) is 0 Å². The van der Waals surface area contributed by atoms with Crippen LogP contribution >= 0.6 is 0 Å². The minimum Gasteiger partial charge on any atom is -0.397 e. The summed E-state index contributed by atoms with van der Waals surface area (Å²) in [7, 11) is 1.90. The van der Waals surface area contributed by atoms with Gasteiger partial charge in [-0.3, -0.25) is 9.48 Å². The first kappa shape index (κ1) is 13.9. The highest BCUT2D eigenvalue weighted by Crippen LogP contribution is 2.24. The lowest BCUT2D eigenvalue weighted by Gasteiger charge is -2.13. The van der Waals surface area contributed by atoms with Crippen LogP contribution in [0, 0.1) is 13.8 Å². The molecule has 6 heteroatoms. The number of nitrogens with two attached hydrogens (primary N) is 2. The molecule has 0 aliphatic carbocycles. The number of hydrogen-bond acceptors (Lipinski definition) is 4. The molecule has 0 spiro atoms. The number of hydrogen-bond donors (Lipinski definition) is 3. The van der Waals surface area contributed by atoms with Crippen LogP contribution in [-0.2, 0) is 13.6 Å². The Morgan fingerprint density at radius 2 is 2.10 bits per heavy atom. The van der Waals surface area contributed by atoms with Crippen LogP contribution in [-0.4, -0.2) is 15.7 Å². The molecule has 6 nitrogen and oxygen atoms in total. The highest BCUT2D eigenvalue weighted by atomic mass is 16.1. The van der Waals surface area contributed by atoms with Gasteiger partial charge in [0.15, 0.2) is 0 Å². The number of benzene rings is 1. The third-order valence-electron chi connectivity index (χ3n) is 3.46. The van der Waals surface area contributed by atoms with Gasteiger partial charge in [0.05, 0.1) is 22.6 Å². The number of amides is 1. The zero-order valence-corrected chi connectivity index (χ0v) is 11.9. The molecule has 1 heterocycles. The topological polar surface area (TPSA) is 99.0 Å². The molecule has 0 aliphatic rings. The van der Waals surface area contributed by atoms with Crippen LogP contribution < -0.4 is 16.8 Å². The summed E-state index contributed by atoms with van der Waals surface area (Å²) in [6.45, 7) is 4.49. The molecule has 2 aromatic rings. The Kier molecular flexibility index (Phi) is 3.65. The quantitative estimate of drug-likeness (QED) is 0.732. The molecule has 106 valence electrons. The molecule has 5 N–H and O–H groups in total. The number of anilines is 2. The van der Waals surface area contributed by atoms with Crippen LogP contribution in [0.4, 0.5) is 11.4 Å². The fourth-order valence-corrected chi connectivity index (χ4v) is 2.22. The van der Waals surface area contributed by atoms with Gasteiger partial charge in [0.1, 0.15) is 0 Å². The number of para-hydroxylation sites is 1. The summed E-state index contributed by atoms with van der Waals surface area (Å²) in [4.78, 5) is 11.4. The minimum absolute atomic E-state index is 0.393. The van der Waals surface area contributed by atoms with Gasteiger partial charge in [-0.25, -0.2) is 0 Å². The molecule has 1 amide bonds. The maximum absolute atomic E-state index is 11.4. The van der Waals surface area contributed by atoms with Crippen molar-refractivity contribution in [2.24, 2.45) is 12.8 Å². The second-order valence-corrected chi connectivity index (χ2v) is 4.76. The van der Waals surface area contributed by atoms with Crippen molar-refractivity contribution in [3.63, 3.8) is 0 Å². The number of nitrogen functional groups attached to an aromatic ring is 1. The normalized spacial score (nSPS) is 10.6. The van der Waals surface area contributed by atoms with E-state index in [0.717, 1.165) is 17.0 Å². The first-order valence-electron chi connectivity index (χ1n) is 6.33. The molecular weight excluding hydrogens is 254 g/mol. The number of nitrogens with zero attached hydrogens (tertiary/aromatic N) is 2. The number of aryl methyl sites for hydroxylation is 2. The van der Waals surface area contributed by atoms with Gasteiger partial charge >= 0.3 is 0 Å². The molecule has 1 aromatic carbocycles. The Labute approximate surface area is 117 Å². The van der Waals surface area contributed by atoms with Gasteiger partial charge in [-0.05, 0) is 26.0 Å². The smallest absolute Gasteiger partial charge is 0.250 e. The minimum atomic E-state index is -0.501. The van der Waals surface area contributed by atoms with Gasteiger partial charge in [-0.1, -0.05) is 6.07 Å². The Morgan fingerprint density at radius 1 is 1.40 bits per heavy atom. The van der Waals surface area contributed by atoms with Gasteiger partial charge in [-0.15, -0.1) is 0 Å². The number of nitrogens with one attached hydrogen (secondary N) is 1. The van der Waals surface area contributed by atoms with E-state index in [0.29, 0.717) is 23.5 Å². The molecule has 2 rings (SSSR count). The summed E-state index contributed by atoms with van der Waals surface area (Å²) in [6, 6.07) is 5.10. The first-order chi connectivity index (χ1) is 9.41. The largest absolute Gasteiger partial charge is 0.397 e. The van der Waals surface area contributed by atoms with Crippen molar-refractivity contribution in [2.75, 3.05) is 11.1 Å². The third-order valence-corrected chi connectivity index (χ3v) is 3.46. The highest BCUT2D eigenvalue weighted by Gasteiger charge is 2.13. The fraction of sp³-hybridized carbons (Fsp3) is 0.286. The van der Waals surface area contributed by atoms with Crippen molar-refractivity contribution in [2.45, 2.75) is 20.4 Å². The predicted octanol–water partition coefficient (Wildman–Crippen LogP) is 1.33. The van der Waals surface area contributed by atoms with E-state index >= 15 is 0 Å². The Morgan fingerprint density at radius 3 is 2.65 bits per heavy atom. The second kappa shape index (κ2) is 5.24. The second-order valence-electron chi connectivity index (χ2n) is 4.76. The van der Waals surface area contributed by atoms with Gasteiger partial charge in [0.2, 0.25) is 0 Å². The van der Waals surface area contributed by atoms with Gasteiger partial charge in [0.25, 0.3) is 5.91 Å². The predicted molar refractivity (Wildman–Crippen MR) is 79.4 cm³/mol. The average molecular weight is 273 g/mol. The summed E-state index contributed by atoms with van der Waals surface area (Å²) in [5.74, 6) is -0.501. The molecule has 0 saturated carbocycles. The van der Waals surface area contributed by atoms with Crippen molar-refractivity contribution in [1.82, 2.24) is 9.78 Å². The van der Waals surface area contributed by atoms with Gasteiger partial charge < -0.3 is 16.8 Å². The Hall–Kier alpha value is -2.50. The number of carbonyl (C=O) groups excluding carboxylic acids is 1. The van der Waals surface area contributed by atoms with Crippen LogP contribution in [0.15, 0.2) is 18.2 Å². The SMILES string of the molecule is Cc1nn(C)c(C)c1CNc1c(N)cccc1C(N)=O. The first-order valence-corrected chi connectivity index (χ1v) is 6.33. The third kappa shape index (κ3) is 2.45. The van der Waals surface area contributed by atoms with Crippen molar-refractivity contribution in [3.8, 4) is 0 Å². The Balaban J connectivity index is 2.30. The molecule has 0 radical (unpaired) electrons. The standard InChI is InChI=1S/C14H19N5O/c1-8-11(9(2)19(3)18-8)7-17-13-10(14(16)20)5-4-6-12(13)15/h4-6,17H,7,15H2,1-3H3,(H2,16,20). The van der Waals surface area contributed by atoms with Crippen molar-refractivity contribution < 1.29 is 4.79 Å². The zero-order chi connectivity index (χ0) is 14.9. The van der Waals surface area contributed by atoms with Crippen molar-refractivity contribution in [1.29, 1.82) is 0 Å². The van der Waals surface area contributed by atoms with E-state index in [4.69, 9.17) is 11.5 Å². The van der Waals surface area contributed by atoms with E-state index in [2.05, 4.69) is 10.4 Å². The maximum atomic E-state index is 11.4. The summed E-state index contributed by atoms with van der Waals surface area (Å²) in [5.41, 5.74) is 15.9. The molecular formula is C14H19N5O. The molecule has 0 bridgehead atoms. The fourth-order valence-electron chi connectivity index (χ4n) is 2.22. The van der Waals surface area contributed by atoms with Crippen molar-refractivity contribution >= 4 is 17.3 Å². The van der Waals surface area contributed by atoms with Gasteiger partial charge in [-0.2, -0.15) is 5.10 Å². The number of rotatable bonds is 4. The van der Waals surface area contributed by atoms with E-state index in [1.165, 1.54) is 0 Å². The maximum Gasteiger partial charge on any atom is 0.250 e. The lowest BCUT2D eigenvalue weighted by molar-refractivity contribution is 0.100. The zero-order valence-electron chi connectivity index (χ0n) is 11.9. The molecule has 0 atom stereocenters. The van der Waals surface area contributed by atoms with E-state index in [1.54, 1.807) is 18.2 Å². The lowest BCUT2D eigenvalue weighted by atomic mass is 10.1. The van der Waals surface area contributed by atoms with E-state index in [1.807, 2.05) is 25.6 Å². The van der Waals surface area contributed by atoms with E-state index < -0.39 is 5.91 Å². The summed E-state index contributed by atoms with van der Waals surface area (Å²) >= 11 is 0. The monoisotopic (exact) mass is 273 g/mol. The van der Waals surface area contributed by atoms with Crippen LogP contribution in [0.25, 0.3) is 0 Å². The molecule has 0 unspecified atom stereocenters. The molecule has 0 saturated heterocycles. The van der Waals surface area contributed by atoms with Crippen LogP contribution in [0.1, 0.15) is 27.3 Å². The Bertz CT molecular complexity index is 660. The summed E-state index contributed by atoms with van der Waals surface area (Å²) < 4.78 is 1.83. The molecule has 0 aliphatic heterocycles.